The van der Waals surface area contributed by atoms with Crippen LogP contribution >= 0.6 is 0 Å². The molecule has 3 aromatic rings. The van der Waals surface area contributed by atoms with Gasteiger partial charge in [0.2, 0.25) is 0 Å². The van der Waals surface area contributed by atoms with Crippen molar-refractivity contribution in [1.82, 2.24) is 15.2 Å². The van der Waals surface area contributed by atoms with E-state index in [0.29, 0.717) is 17.7 Å². The van der Waals surface area contributed by atoms with Gasteiger partial charge < -0.3 is 15.2 Å². The minimum atomic E-state index is -0.524. The Kier molecular flexibility index (Phi) is 8.77. The van der Waals surface area contributed by atoms with Crippen molar-refractivity contribution in [2.75, 3.05) is 19.6 Å². The summed E-state index contributed by atoms with van der Waals surface area (Å²) in [7, 11) is 0. The van der Waals surface area contributed by atoms with Crippen molar-refractivity contribution < 1.29 is 19.4 Å². The highest BCUT2D eigenvalue weighted by Gasteiger charge is 2.27. The monoisotopic (exact) mass is 529 g/mol. The number of para-hydroxylation sites is 1. The fourth-order valence-corrected chi connectivity index (χ4v) is 5.38. The summed E-state index contributed by atoms with van der Waals surface area (Å²) >= 11 is 0. The first kappa shape index (κ1) is 27.1. The molecule has 0 saturated heterocycles. The number of aromatic nitrogens is 1. The lowest BCUT2D eigenvalue weighted by molar-refractivity contribution is -0.124. The van der Waals surface area contributed by atoms with E-state index in [0.717, 1.165) is 67.9 Å². The Bertz CT molecular complexity index is 1300. The second-order valence-corrected chi connectivity index (χ2v) is 11.0. The number of nitrogens with zero attached hydrogens (tertiary/aromatic N) is 2. The van der Waals surface area contributed by atoms with Crippen molar-refractivity contribution in [3.05, 3.63) is 59.9 Å². The molecule has 0 aliphatic heterocycles. The average Bonchev–Trinajstić information content (AvgIpc) is 2.87. The summed E-state index contributed by atoms with van der Waals surface area (Å²) in [6.07, 6.45) is 8.96. The summed E-state index contributed by atoms with van der Waals surface area (Å²) < 4.78 is 6.08. The molecule has 0 atom stereocenters. The van der Waals surface area contributed by atoms with Crippen molar-refractivity contribution in [3.8, 4) is 17.2 Å². The number of carbonyl (C=O) groups excluding carboxylic acids is 2. The van der Waals surface area contributed by atoms with E-state index in [1.54, 1.807) is 12.1 Å². The minimum absolute atomic E-state index is 0.0360. The standard InChI is InChI=1S/C32H39N3O4/c1-2-17-35(18-16-22-8-6-9-22)21-28-27-19-25(39-24-12-4-3-5-13-24)14-15-26(27)31(37)30(34-28)32(38)33-20-29(36)23-10-7-11-23/h3-5,12-15,19,22-23,37H,2,6-11,16-18,20-21H2,1H3,(H,33,38). The maximum atomic E-state index is 13.2. The molecule has 2 aromatic carbocycles. The predicted octanol–water partition coefficient (Wildman–Crippen LogP) is 6.23. The molecule has 0 bridgehead atoms. The van der Waals surface area contributed by atoms with Crippen molar-refractivity contribution >= 4 is 22.5 Å². The molecule has 2 aliphatic carbocycles. The second kappa shape index (κ2) is 12.6. The summed E-state index contributed by atoms with van der Waals surface area (Å²) in [5.41, 5.74) is 0.685. The fourth-order valence-electron chi connectivity index (χ4n) is 5.38. The normalized spacial score (nSPS) is 15.6. The van der Waals surface area contributed by atoms with Crippen LogP contribution in [0.4, 0.5) is 0 Å². The molecule has 0 unspecified atom stereocenters. The maximum absolute atomic E-state index is 13.2. The molecule has 2 N–H and O–H groups in total. The Morgan fingerprint density at radius 1 is 1.00 bits per heavy atom. The predicted molar refractivity (Wildman–Crippen MR) is 152 cm³/mol. The Hall–Kier alpha value is -3.45. The number of carbonyl (C=O) groups is 2. The molecule has 7 heteroatoms. The van der Waals surface area contributed by atoms with Gasteiger partial charge in [-0.1, -0.05) is 50.8 Å². The van der Waals surface area contributed by atoms with Gasteiger partial charge in [0.05, 0.1) is 12.2 Å². The lowest BCUT2D eigenvalue weighted by Crippen LogP contribution is -2.35. The van der Waals surface area contributed by atoms with Gasteiger partial charge in [-0.05, 0) is 75.0 Å². The molecule has 2 aliphatic rings. The van der Waals surface area contributed by atoms with E-state index < -0.39 is 5.91 Å². The lowest BCUT2D eigenvalue weighted by Gasteiger charge is -2.29. The third-order valence-corrected chi connectivity index (χ3v) is 8.20. The molecular formula is C32H39N3O4. The Morgan fingerprint density at radius 2 is 1.77 bits per heavy atom. The number of rotatable bonds is 13. The average molecular weight is 530 g/mol. The van der Waals surface area contributed by atoms with Gasteiger partial charge in [-0.2, -0.15) is 0 Å². The molecule has 2 saturated carbocycles. The van der Waals surface area contributed by atoms with Gasteiger partial charge in [-0.3, -0.25) is 14.5 Å². The van der Waals surface area contributed by atoms with Gasteiger partial charge in [-0.25, -0.2) is 4.98 Å². The SMILES string of the molecule is CCCN(CCC1CCC1)Cc1nc(C(=O)NCC(=O)C2CCC2)c(O)c2ccc(Oc3ccccc3)cc12. The molecule has 0 spiro atoms. The topological polar surface area (TPSA) is 91.8 Å². The van der Waals surface area contributed by atoms with Crippen molar-refractivity contribution in [2.24, 2.45) is 11.8 Å². The number of pyridine rings is 1. The third-order valence-electron chi connectivity index (χ3n) is 8.20. The highest BCUT2D eigenvalue weighted by Crippen LogP contribution is 2.35. The molecule has 206 valence electrons. The number of amides is 1. The van der Waals surface area contributed by atoms with Crippen molar-refractivity contribution in [1.29, 1.82) is 0 Å². The Labute approximate surface area is 230 Å². The van der Waals surface area contributed by atoms with Gasteiger partial charge in [-0.15, -0.1) is 0 Å². The van der Waals surface area contributed by atoms with Gasteiger partial charge in [0.1, 0.15) is 11.5 Å². The number of nitrogens with one attached hydrogen (secondary N) is 1. The van der Waals surface area contributed by atoms with Crippen LogP contribution in [0.15, 0.2) is 48.5 Å². The van der Waals surface area contributed by atoms with E-state index in [4.69, 9.17) is 9.72 Å². The molecule has 0 radical (unpaired) electrons. The fraction of sp³-hybridized carbons (Fsp3) is 0.469. The number of fused-ring (bicyclic) bond motifs is 1. The zero-order valence-corrected chi connectivity index (χ0v) is 22.8. The van der Waals surface area contributed by atoms with Crippen LogP contribution in [0.25, 0.3) is 10.8 Å². The van der Waals surface area contributed by atoms with E-state index in [9.17, 15) is 14.7 Å². The van der Waals surface area contributed by atoms with Crippen LogP contribution in [0.3, 0.4) is 0 Å². The van der Waals surface area contributed by atoms with Crippen LogP contribution in [0.1, 0.15) is 74.5 Å². The summed E-state index contributed by atoms with van der Waals surface area (Å²) in [5.74, 6) is 1.54. The number of ether oxygens (including phenoxy) is 1. The molecule has 1 heterocycles. The molecule has 2 fully saturated rings. The van der Waals surface area contributed by atoms with Crippen LogP contribution < -0.4 is 10.1 Å². The van der Waals surface area contributed by atoms with Crippen LogP contribution in [0, 0.1) is 11.8 Å². The van der Waals surface area contributed by atoms with E-state index >= 15 is 0 Å². The summed E-state index contributed by atoms with van der Waals surface area (Å²) in [6.45, 7) is 4.59. The van der Waals surface area contributed by atoms with Gasteiger partial charge in [0, 0.05) is 23.2 Å². The van der Waals surface area contributed by atoms with Crippen LogP contribution in [0.5, 0.6) is 17.2 Å². The smallest absolute Gasteiger partial charge is 0.274 e. The molecule has 39 heavy (non-hydrogen) atoms. The van der Waals surface area contributed by atoms with Crippen molar-refractivity contribution in [2.45, 2.75) is 64.8 Å². The van der Waals surface area contributed by atoms with E-state index in [2.05, 4.69) is 17.1 Å². The highest BCUT2D eigenvalue weighted by molar-refractivity contribution is 6.03. The first-order chi connectivity index (χ1) is 19.0. The quantitative estimate of drug-likeness (QED) is 0.273. The van der Waals surface area contributed by atoms with Gasteiger partial charge in [0.15, 0.2) is 17.2 Å². The van der Waals surface area contributed by atoms with Crippen LogP contribution in [-0.4, -0.2) is 46.3 Å². The number of hydrogen-bond donors (Lipinski definition) is 2. The zero-order valence-electron chi connectivity index (χ0n) is 22.8. The van der Waals surface area contributed by atoms with E-state index in [1.165, 1.54) is 19.3 Å². The number of benzene rings is 2. The second-order valence-electron chi connectivity index (χ2n) is 11.0. The van der Waals surface area contributed by atoms with Gasteiger partial charge >= 0.3 is 0 Å². The maximum Gasteiger partial charge on any atom is 0.274 e. The zero-order chi connectivity index (χ0) is 27.2. The van der Waals surface area contributed by atoms with Crippen LogP contribution in [0.2, 0.25) is 0 Å². The summed E-state index contributed by atoms with van der Waals surface area (Å²) in [4.78, 5) is 32.6. The Balaban J connectivity index is 1.44. The number of hydrogen-bond acceptors (Lipinski definition) is 6. The molecule has 1 amide bonds. The minimum Gasteiger partial charge on any atom is -0.505 e. The largest absolute Gasteiger partial charge is 0.505 e. The highest BCUT2D eigenvalue weighted by atomic mass is 16.5. The van der Waals surface area contributed by atoms with E-state index in [-0.39, 0.29) is 29.7 Å². The van der Waals surface area contributed by atoms with E-state index in [1.807, 2.05) is 36.4 Å². The molecule has 5 rings (SSSR count). The summed E-state index contributed by atoms with van der Waals surface area (Å²) in [5, 5.41) is 15.2. The number of ketones is 1. The molecule has 7 nitrogen and oxygen atoms in total. The molecular weight excluding hydrogens is 490 g/mol. The first-order valence-corrected chi connectivity index (χ1v) is 14.4. The first-order valence-electron chi connectivity index (χ1n) is 14.4. The number of Topliss-reactive ketones (excluding diaryl/α,β-unsaturated/α-hetero) is 1. The van der Waals surface area contributed by atoms with Crippen LogP contribution in [-0.2, 0) is 11.3 Å². The Morgan fingerprint density at radius 3 is 2.44 bits per heavy atom. The van der Waals surface area contributed by atoms with Gasteiger partial charge in [0.25, 0.3) is 5.91 Å². The third kappa shape index (κ3) is 6.59. The van der Waals surface area contributed by atoms with Crippen molar-refractivity contribution in [3.63, 3.8) is 0 Å². The summed E-state index contributed by atoms with van der Waals surface area (Å²) in [6, 6.07) is 15.0. The molecule has 1 aromatic heterocycles. The lowest BCUT2D eigenvalue weighted by atomic mass is 9.82. The number of aromatic hydroxyl groups is 1.